The van der Waals surface area contributed by atoms with E-state index in [0.717, 1.165) is 23.5 Å². The average Bonchev–Trinajstić information content (AvgIpc) is 2.17. The summed E-state index contributed by atoms with van der Waals surface area (Å²) in [4.78, 5) is 10.8. The van der Waals surface area contributed by atoms with Gasteiger partial charge in [0, 0.05) is 6.54 Å². The van der Waals surface area contributed by atoms with Crippen molar-refractivity contribution in [1.82, 2.24) is 0 Å². The van der Waals surface area contributed by atoms with Gasteiger partial charge in [0.1, 0.15) is 12.4 Å². The van der Waals surface area contributed by atoms with E-state index in [1.165, 1.54) is 0 Å². The van der Waals surface area contributed by atoms with Gasteiger partial charge in [-0.25, -0.2) is 4.79 Å². The van der Waals surface area contributed by atoms with Crippen molar-refractivity contribution in [2.75, 3.05) is 18.5 Å². The lowest BCUT2D eigenvalue weighted by Gasteiger charge is -2.21. The van der Waals surface area contributed by atoms with Crippen LogP contribution in [0.5, 0.6) is 5.75 Å². The predicted molar refractivity (Wildman–Crippen MR) is 52.1 cm³/mol. The molecular weight excluding hydrogens is 182 g/mol. The van der Waals surface area contributed by atoms with E-state index in [9.17, 15) is 4.79 Å². The number of nitrogens with one attached hydrogen (secondary N) is 1. The topological polar surface area (TPSA) is 58.6 Å². The van der Waals surface area contributed by atoms with Crippen LogP contribution in [0.1, 0.15) is 15.9 Å². The Hall–Kier alpha value is -1.71. The third kappa shape index (κ3) is 1.39. The van der Waals surface area contributed by atoms with Crippen molar-refractivity contribution in [2.24, 2.45) is 0 Å². The molecule has 1 aromatic carbocycles. The standard InChI is InChI=1S/C10H11NO3/c1-6-4-7(10(12)13)5-8-9(6)14-3-2-11-8/h4-5,11H,2-3H2,1H3,(H,12,13). The number of ether oxygens (including phenoxy) is 1. The molecule has 0 aromatic heterocycles. The van der Waals surface area contributed by atoms with Gasteiger partial charge in [0.15, 0.2) is 0 Å². The van der Waals surface area contributed by atoms with E-state index in [4.69, 9.17) is 9.84 Å². The number of carboxylic acids is 1. The van der Waals surface area contributed by atoms with Gasteiger partial charge in [-0.05, 0) is 24.6 Å². The molecule has 4 heteroatoms. The Bertz CT molecular complexity index is 387. The average molecular weight is 193 g/mol. The van der Waals surface area contributed by atoms with E-state index in [2.05, 4.69) is 5.32 Å². The van der Waals surface area contributed by atoms with Gasteiger partial charge >= 0.3 is 5.97 Å². The number of carbonyl (C=O) groups is 1. The minimum absolute atomic E-state index is 0.291. The summed E-state index contributed by atoms with van der Waals surface area (Å²) in [7, 11) is 0. The number of hydrogen-bond acceptors (Lipinski definition) is 3. The summed E-state index contributed by atoms with van der Waals surface area (Å²) in [6.45, 7) is 3.19. The number of carboxylic acid groups (broad SMARTS) is 1. The van der Waals surface area contributed by atoms with Crippen molar-refractivity contribution in [3.63, 3.8) is 0 Å². The van der Waals surface area contributed by atoms with Crippen molar-refractivity contribution in [1.29, 1.82) is 0 Å². The molecule has 0 saturated heterocycles. The van der Waals surface area contributed by atoms with Gasteiger partial charge in [0.25, 0.3) is 0 Å². The largest absolute Gasteiger partial charge is 0.489 e. The number of fused-ring (bicyclic) bond motifs is 1. The Morgan fingerprint density at radius 1 is 1.57 bits per heavy atom. The summed E-state index contributed by atoms with van der Waals surface area (Å²) in [6, 6.07) is 3.22. The van der Waals surface area contributed by atoms with Crippen LogP contribution in [-0.2, 0) is 0 Å². The Morgan fingerprint density at radius 3 is 3.07 bits per heavy atom. The molecule has 1 aromatic rings. The number of hydrogen-bond donors (Lipinski definition) is 2. The smallest absolute Gasteiger partial charge is 0.335 e. The van der Waals surface area contributed by atoms with Gasteiger partial charge in [-0.3, -0.25) is 0 Å². The highest BCUT2D eigenvalue weighted by atomic mass is 16.5. The monoisotopic (exact) mass is 193 g/mol. The molecule has 0 saturated carbocycles. The van der Waals surface area contributed by atoms with Crippen LogP contribution in [0.25, 0.3) is 0 Å². The molecule has 1 aliphatic rings. The van der Waals surface area contributed by atoms with Crippen LogP contribution >= 0.6 is 0 Å². The fraction of sp³-hybridized carbons (Fsp3) is 0.300. The lowest BCUT2D eigenvalue weighted by Crippen LogP contribution is -2.19. The Labute approximate surface area is 81.5 Å². The molecule has 14 heavy (non-hydrogen) atoms. The van der Waals surface area contributed by atoms with E-state index in [-0.39, 0.29) is 0 Å². The fourth-order valence-corrected chi connectivity index (χ4v) is 1.56. The van der Waals surface area contributed by atoms with E-state index >= 15 is 0 Å². The molecule has 2 rings (SSSR count). The van der Waals surface area contributed by atoms with Gasteiger partial charge in [-0.1, -0.05) is 0 Å². The number of aryl methyl sites for hydroxylation is 1. The zero-order valence-electron chi connectivity index (χ0n) is 7.83. The second-order valence-electron chi connectivity index (χ2n) is 3.25. The summed E-state index contributed by atoms with van der Waals surface area (Å²) in [6.07, 6.45) is 0. The summed E-state index contributed by atoms with van der Waals surface area (Å²) >= 11 is 0. The van der Waals surface area contributed by atoms with Crippen molar-refractivity contribution in [3.05, 3.63) is 23.3 Å². The molecule has 0 spiro atoms. The normalized spacial score (nSPS) is 13.8. The summed E-state index contributed by atoms with van der Waals surface area (Å²) in [5.41, 5.74) is 1.92. The van der Waals surface area contributed by atoms with Gasteiger partial charge in [-0.15, -0.1) is 0 Å². The molecule has 0 radical (unpaired) electrons. The Morgan fingerprint density at radius 2 is 2.36 bits per heavy atom. The maximum absolute atomic E-state index is 10.8. The fourth-order valence-electron chi connectivity index (χ4n) is 1.56. The van der Waals surface area contributed by atoms with Crippen molar-refractivity contribution in [3.8, 4) is 5.75 Å². The molecule has 0 fully saturated rings. The highest BCUT2D eigenvalue weighted by Gasteiger charge is 2.15. The maximum Gasteiger partial charge on any atom is 0.335 e. The SMILES string of the molecule is Cc1cc(C(=O)O)cc2c1OCCN2. The molecule has 0 amide bonds. The molecule has 0 bridgehead atoms. The highest BCUT2D eigenvalue weighted by molar-refractivity contribution is 5.90. The first-order chi connectivity index (χ1) is 6.68. The minimum Gasteiger partial charge on any atom is -0.489 e. The summed E-state index contributed by atoms with van der Waals surface area (Å²) in [5.74, 6) is -0.149. The third-order valence-electron chi connectivity index (χ3n) is 2.19. The van der Waals surface area contributed by atoms with Crippen molar-refractivity contribution in [2.45, 2.75) is 6.92 Å². The highest BCUT2D eigenvalue weighted by Crippen LogP contribution is 2.32. The number of benzene rings is 1. The summed E-state index contributed by atoms with van der Waals surface area (Å²) in [5, 5.41) is 12.0. The molecule has 2 N–H and O–H groups in total. The van der Waals surface area contributed by atoms with E-state index in [1.807, 2.05) is 6.92 Å². The number of rotatable bonds is 1. The third-order valence-corrected chi connectivity index (χ3v) is 2.19. The molecule has 0 atom stereocenters. The van der Waals surface area contributed by atoms with Crippen LogP contribution in [0.15, 0.2) is 12.1 Å². The first-order valence-corrected chi connectivity index (χ1v) is 4.43. The van der Waals surface area contributed by atoms with Crippen LogP contribution in [0, 0.1) is 6.92 Å². The first-order valence-electron chi connectivity index (χ1n) is 4.43. The van der Waals surface area contributed by atoms with Gasteiger partial charge < -0.3 is 15.2 Å². The predicted octanol–water partition coefficient (Wildman–Crippen LogP) is 1.50. The van der Waals surface area contributed by atoms with Crippen LogP contribution in [0.3, 0.4) is 0 Å². The maximum atomic E-state index is 10.8. The minimum atomic E-state index is -0.914. The summed E-state index contributed by atoms with van der Waals surface area (Å²) < 4.78 is 5.43. The van der Waals surface area contributed by atoms with Crippen molar-refractivity contribution >= 4 is 11.7 Å². The molecular formula is C10H11NO3. The Kier molecular flexibility index (Phi) is 2.04. The van der Waals surface area contributed by atoms with Gasteiger partial charge in [0.2, 0.25) is 0 Å². The van der Waals surface area contributed by atoms with Crippen LogP contribution in [0.4, 0.5) is 5.69 Å². The van der Waals surface area contributed by atoms with Crippen LogP contribution < -0.4 is 10.1 Å². The Balaban J connectivity index is 2.51. The van der Waals surface area contributed by atoms with Gasteiger partial charge in [-0.2, -0.15) is 0 Å². The van der Waals surface area contributed by atoms with Crippen molar-refractivity contribution < 1.29 is 14.6 Å². The first kappa shape index (κ1) is 8.87. The van der Waals surface area contributed by atoms with Gasteiger partial charge in [0.05, 0.1) is 11.3 Å². The zero-order chi connectivity index (χ0) is 10.1. The van der Waals surface area contributed by atoms with Crippen LogP contribution in [-0.4, -0.2) is 24.2 Å². The molecule has 1 aliphatic heterocycles. The molecule has 0 unspecified atom stereocenters. The lowest BCUT2D eigenvalue weighted by molar-refractivity contribution is 0.0697. The second-order valence-corrected chi connectivity index (χ2v) is 3.25. The van der Waals surface area contributed by atoms with E-state index < -0.39 is 5.97 Å². The number of anilines is 1. The second kappa shape index (κ2) is 3.21. The van der Waals surface area contributed by atoms with E-state index in [1.54, 1.807) is 12.1 Å². The molecule has 74 valence electrons. The quantitative estimate of drug-likeness (QED) is 0.709. The molecule has 4 nitrogen and oxygen atoms in total. The number of aromatic carboxylic acids is 1. The molecule has 0 aliphatic carbocycles. The van der Waals surface area contributed by atoms with Crippen LogP contribution in [0.2, 0.25) is 0 Å². The van der Waals surface area contributed by atoms with E-state index in [0.29, 0.717) is 12.2 Å². The molecule has 1 heterocycles. The lowest BCUT2D eigenvalue weighted by atomic mass is 10.1. The zero-order valence-corrected chi connectivity index (χ0v) is 7.83.